The summed E-state index contributed by atoms with van der Waals surface area (Å²) in [4.78, 5) is 11.5. The van der Waals surface area contributed by atoms with Gasteiger partial charge in [-0.25, -0.2) is 0 Å². The van der Waals surface area contributed by atoms with Gasteiger partial charge in [-0.3, -0.25) is 4.79 Å². The first-order chi connectivity index (χ1) is 7.15. The van der Waals surface area contributed by atoms with Gasteiger partial charge in [-0.05, 0) is 18.1 Å². The van der Waals surface area contributed by atoms with Crippen LogP contribution in [0, 0.1) is 0 Å². The van der Waals surface area contributed by atoms with Gasteiger partial charge in [0.2, 0.25) is 0 Å². The number of rotatable bonds is 4. The van der Waals surface area contributed by atoms with E-state index in [9.17, 15) is 9.90 Å². The molecule has 0 saturated heterocycles. The van der Waals surface area contributed by atoms with E-state index in [1.54, 1.807) is 12.1 Å². The van der Waals surface area contributed by atoms with E-state index in [-0.39, 0.29) is 23.6 Å². The van der Waals surface area contributed by atoms with Gasteiger partial charge in [0.05, 0.1) is 19.2 Å². The first-order valence-electron chi connectivity index (χ1n) is 4.77. The second-order valence-corrected chi connectivity index (χ2v) is 3.13. The highest BCUT2D eigenvalue weighted by Crippen LogP contribution is 2.32. The molecule has 0 spiro atoms. The van der Waals surface area contributed by atoms with Crippen LogP contribution >= 0.6 is 0 Å². The molecule has 0 aliphatic rings. The number of aryl methyl sites for hydroxylation is 1. The third-order valence-electron chi connectivity index (χ3n) is 2.29. The molecule has 3 N–H and O–H groups in total. The number of hydrogen-bond acceptors (Lipinski definition) is 4. The summed E-state index contributed by atoms with van der Waals surface area (Å²) in [6.07, 6.45) is 0.665. The zero-order chi connectivity index (χ0) is 11.4. The summed E-state index contributed by atoms with van der Waals surface area (Å²) in [5.41, 5.74) is 6.35. The van der Waals surface area contributed by atoms with Crippen LogP contribution in [0.1, 0.15) is 22.8 Å². The molecular weight excluding hydrogens is 194 g/mol. The van der Waals surface area contributed by atoms with Crippen LogP contribution in [0.5, 0.6) is 11.5 Å². The van der Waals surface area contributed by atoms with Gasteiger partial charge in [-0.2, -0.15) is 0 Å². The number of phenolic OH excluding ortho intramolecular Hbond substituents is 1. The number of phenols is 1. The van der Waals surface area contributed by atoms with E-state index in [1.807, 2.05) is 6.92 Å². The Morgan fingerprint density at radius 3 is 2.67 bits per heavy atom. The number of nitrogens with two attached hydrogens (primary N) is 1. The zero-order valence-electron chi connectivity index (χ0n) is 8.91. The minimum absolute atomic E-state index is 0.117. The lowest BCUT2D eigenvalue weighted by Crippen LogP contribution is -2.15. The molecule has 0 bridgehead atoms. The molecule has 4 nitrogen and oxygen atoms in total. The van der Waals surface area contributed by atoms with Gasteiger partial charge in [0.25, 0.3) is 0 Å². The smallest absolute Gasteiger partial charge is 0.180 e. The van der Waals surface area contributed by atoms with Crippen LogP contribution < -0.4 is 10.5 Å². The number of hydrogen-bond donors (Lipinski definition) is 2. The highest BCUT2D eigenvalue weighted by Gasteiger charge is 2.17. The molecule has 0 radical (unpaired) electrons. The minimum atomic E-state index is -0.275. The Morgan fingerprint density at radius 1 is 1.53 bits per heavy atom. The standard InChI is InChI=1S/C11H15NO3/c1-3-7-4-5-9(15-2)11(14)10(7)8(13)6-12/h4-5,14H,3,6,12H2,1-2H3. The van der Waals surface area contributed by atoms with Crippen LogP contribution in [0.25, 0.3) is 0 Å². The molecule has 0 heterocycles. The van der Waals surface area contributed by atoms with Crippen molar-refractivity contribution in [3.63, 3.8) is 0 Å². The normalized spacial score (nSPS) is 10.1. The molecule has 0 amide bonds. The molecule has 0 unspecified atom stereocenters. The topological polar surface area (TPSA) is 72.5 Å². The van der Waals surface area contributed by atoms with Gasteiger partial charge in [-0.15, -0.1) is 0 Å². The number of carbonyl (C=O) groups excluding carboxylic acids is 1. The van der Waals surface area contributed by atoms with Gasteiger partial charge >= 0.3 is 0 Å². The van der Waals surface area contributed by atoms with Crippen molar-refractivity contribution in [3.05, 3.63) is 23.3 Å². The third kappa shape index (κ3) is 2.10. The van der Waals surface area contributed by atoms with Crippen molar-refractivity contribution in [2.24, 2.45) is 5.73 Å². The molecule has 0 aliphatic carbocycles. The van der Waals surface area contributed by atoms with Crippen molar-refractivity contribution in [3.8, 4) is 11.5 Å². The highest BCUT2D eigenvalue weighted by molar-refractivity contribution is 6.02. The lowest BCUT2D eigenvalue weighted by molar-refractivity contribution is 0.0997. The fourth-order valence-corrected chi connectivity index (χ4v) is 1.49. The molecule has 1 rings (SSSR count). The molecule has 0 atom stereocenters. The van der Waals surface area contributed by atoms with Crippen LogP contribution in [-0.2, 0) is 6.42 Å². The van der Waals surface area contributed by atoms with Crippen molar-refractivity contribution in [2.45, 2.75) is 13.3 Å². The van der Waals surface area contributed by atoms with Crippen molar-refractivity contribution in [1.29, 1.82) is 0 Å². The van der Waals surface area contributed by atoms with Crippen LogP contribution in [0.4, 0.5) is 0 Å². The van der Waals surface area contributed by atoms with Gasteiger partial charge in [0, 0.05) is 0 Å². The van der Waals surface area contributed by atoms with Gasteiger partial charge in [0.15, 0.2) is 17.3 Å². The Hall–Kier alpha value is -1.55. The summed E-state index contributed by atoms with van der Waals surface area (Å²) in [6.45, 7) is 1.79. The molecule has 15 heavy (non-hydrogen) atoms. The van der Waals surface area contributed by atoms with Crippen molar-refractivity contribution < 1.29 is 14.6 Å². The van der Waals surface area contributed by atoms with Crippen LogP contribution in [-0.4, -0.2) is 24.5 Å². The first kappa shape index (κ1) is 11.5. The van der Waals surface area contributed by atoms with E-state index >= 15 is 0 Å². The minimum Gasteiger partial charge on any atom is -0.504 e. The van der Waals surface area contributed by atoms with E-state index in [4.69, 9.17) is 10.5 Å². The number of methoxy groups -OCH3 is 1. The van der Waals surface area contributed by atoms with Gasteiger partial charge < -0.3 is 15.6 Å². The average molecular weight is 209 g/mol. The summed E-state index contributed by atoms with van der Waals surface area (Å²) in [5.74, 6) is -0.0976. The molecule has 82 valence electrons. The van der Waals surface area contributed by atoms with Crippen molar-refractivity contribution in [2.75, 3.05) is 13.7 Å². The Kier molecular flexibility index (Phi) is 3.68. The number of aromatic hydroxyl groups is 1. The average Bonchev–Trinajstić information content (AvgIpc) is 2.27. The SMILES string of the molecule is CCc1ccc(OC)c(O)c1C(=O)CN. The molecule has 0 aliphatic heterocycles. The van der Waals surface area contributed by atoms with Crippen molar-refractivity contribution >= 4 is 5.78 Å². The number of Topliss-reactive ketones (excluding diaryl/α,β-unsaturated/α-hetero) is 1. The van der Waals surface area contributed by atoms with E-state index in [2.05, 4.69) is 0 Å². The van der Waals surface area contributed by atoms with E-state index in [0.29, 0.717) is 12.2 Å². The Morgan fingerprint density at radius 2 is 2.20 bits per heavy atom. The lowest BCUT2D eigenvalue weighted by Gasteiger charge is -2.11. The van der Waals surface area contributed by atoms with Crippen molar-refractivity contribution in [1.82, 2.24) is 0 Å². The second-order valence-electron chi connectivity index (χ2n) is 3.13. The number of benzene rings is 1. The maximum atomic E-state index is 11.5. The van der Waals surface area contributed by atoms with Gasteiger partial charge in [-0.1, -0.05) is 13.0 Å². The van der Waals surface area contributed by atoms with Crippen LogP contribution in [0.2, 0.25) is 0 Å². The fraction of sp³-hybridized carbons (Fsp3) is 0.364. The summed E-state index contributed by atoms with van der Waals surface area (Å²) < 4.78 is 4.94. The maximum absolute atomic E-state index is 11.5. The maximum Gasteiger partial charge on any atom is 0.180 e. The summed E-state index contributed by atoms with van der Waals surface area (Å²) >= 11 is 0. The molecule has 0 saturated carbocycles. The third-order valence-corrected chi connectivity index (χ3v) is 2.29. The summed E-state index contributed by atoms with van der Waals surface area (Å²) in [5, 5.41) is 9.80. The Bertz CT molecular complexity index is 374. The monoisotopic (exact) mass is 209 g/mol. The molecular formula is C11H15NO3. The molecule has 1 aromatic rings. The highest BCUT2D eigenvalue weighted by atomic mass is 16.5. The second kappa shape index (κ2) is 4.79. The molecule has 1 aromatic carbocycles. The fourth-order valence-electron chi connectivity index (χ4n) is 1.49. The summed E-state index contributed by atoms with van der Waals surface area (Å²) in [7, 11) is 1.44. The Balaban J connectivity index is 3.35. The largest absolute Gasteiger partial charge is 0.504 e. The molecule has 0 aromatic heterocycles. The summed E-state index contributed by atoms with van der Waals surface area (Å²) in [6, 6.07) is 3.41. The molecule has 4 heteroatoms. The number of ketones is 1. The van der Waals surface area contributed by atoms with Crippen LogP contribution in [0.15, 0.2) is 12.1 Å². The number of carbonyl (C=O) groups is 1. The zero-order valence-corrected chi connectivity index (χ0v) is 8.91. The Labute approximate surface area is 88.7 Å². The number of ether oxygens (including phenoxy) is 1. The van der Waals surface area contributed by atoms with Gasteiger partial charge in [0.1, 0.15) is 0 Å². The van der Waals surface area contributed by atoms with E-state index in [0.717, 1.165) is 5.56 Å². The quantitative estimate of drug-likeness (QED) is 0.728. The van der Waals surface area contributed by atoms with E-state index in [1.165, 1.54) is 7.11 Å². The van der Waals surface area contributed by atoms with Crippen LogP contribution in [0.3, 0.4) is 0 Å². The predicted octanol–water partition coefficient (Wildman–Crippen LogP) is 1.10. The lowest BCUT2D eigenvalue weighted by atomic mass is 10.00. The molecule has 0 fully saturated rings. The predicted molar refractivity (Wildman–Crippen MR) is 57.4 cm³/mol. The van der Waals surface area contributed by atoms with E-state index < -0.39 is 0 Å². The first-order valence-corrected chi connectivity index (χ1v) is 4.77.